The molecule has 6 rings (SSSR count). The first-order valence-corrected chi connectivity index (χ1v) is 15.1. The molecule has 0 aromatic heterocycles. The third-order valence-electron chi connectivity index (χ3n) is 8.52. The Labute approximate surface area is 258 Å². The quantitative estimate of drug-likeness (QED) is 0.364. The summed E-state index contributed by atoms with van der Waals surface area (Å²) in [6, 6.07) is 24.4. The number of rotatable bonds is 9. The second kappa shape index (κ2) is 12.8. The van der Waals surface area contributed by atoms with Crippen molar-refractivity contribution in [2.24, 2.45) is 0 Å². The third-order valence-corrected chi connectivity index (χ3v) is 8.52. The Morgan fingerprint density at radius 3 is 2.32 bits per heavy atom. The number of ether oxygens (including phenoxy) is 1. The van der Waals surface area contributed by atoms with Gasteiger partial charge in [-0.1, -0.05) is 73.7 Å². The minimum atomic E-state index is -0.823. The molecule has 3 aliphatic rings. The van der Waals surface area contributed by atoms with E-state index in [9.17, 15) is 14.4 Å². The summed E-state index contributed by atoms with van der Waals surface area (Å²) in [4.78, 5) is 49.6. The highest BCUT2D eigenvalue weighted by Crippen LogP contribution is 2.41. The maximum absolute atomic E-state index is 14.5. The van der Waals surface area contributed by atoms with Gasteiger partial charge in [-0.25, -0.2) is 4.79 Å². The second-order valence-electron chi connectivity index (χ2n) is 11.1. The summed E-state index contributed by atoms with van der Waals surface area (Å²) in [6.07, 6.45) is 1.64. The van der Waals surface area contributed by atoms with Crippen molar-refractivity contribution in [2.75, 3.05) is 45.8 Å². The summed E-state index contributed by atoms with van der Waals surface area (Å²) in [5.74, 6) is 0.887. The van der Waals surface area contributed by atoms with Gasteiger partial charge in [0.2, 0.25) is 5.91 Å². The molecule has 0 saturated carbocycles. The van der Waals surface area contributed by atoms with Crippen LogP contribution in [0.15, 0.2) is 109 Å². The lowest BCUT2D eigenvalue weighted by molar-refractivity contribution is -0.144. The van der Waals surface area contributed by atoms with Crippen molar-refractivity contribution in [2.45, 2.75) is 19.0 Å². The normalized spacial score (nSPS) is 19.5. The zero-order chi connectivity index (χ0) is 30.6. The number of carbonyl (C=O) groups is 3. The third kappa shape index (κ3) is 5.70. The Bertz CT molecular complexity index is 1570. The maximum Gasteiger partial charge on any atom is 0.322 e. The molecule has 1 fully saturated rings. The van der Waals surface area contributed by atoms with E-state index in [-0.39, 0.29) is 30.9 Å². The molecule has 3 aromatic carbocycles. The predicted molar refractivity (Wildman–Crippen MR) is 168 cm³/mol. The fraction of sp³-hybridized carbons (Fsp3) is 0.286. The van der Waals surface area contributed by atoms with E-state index in [4.69, 9.17) is 4.74 Å². The highest BCUT2D eigenvalue weighted by Gasteiger charge is 2.48. The number of urea groups is 1. The van der Waals surface area contributed by atoms with E-state index in [2.05, 4.69) is 23.7 Å². The Hall–Kier alpha value is -4.89. The Morgan fingerprint density at radius 2 is 1.64 bits per heavy atom. The van der Waals surface area contributed by atoms with Crippen LogP contribution in [0.5, 0.6) is 11.5 Å². The van der Waals surface area contributed by atoms with Crippen molar-refractivity contribution in [3.8, 4) is 11.5 Å². The molecule has 0 radical (unpaired) electrons. The highest BCUT2D eigenvalue weighted by molar-refractivity contribution is 6.04. The average Bonchev–Trinajstić information content (AvgIpc) is 3.39. The van der Waals surface area contributed by atoms with Gasteiger partial charge in [-0.2, -0.15) is 0 Å². The molecule has 2 atom stereocenters. The summed E-state index contributed by atoms with van der Waals surface area (Å²) in [5.41, 5.74) is 2.49. The lowest BCUT2D eigenvalue weighted by Crippen LogP contribution is -2.52. The standard InChI is InChI=1S/C35H37N5O4/c1-3-18-39-29-24-40(32(25-12-7-5-8-13-25)34(42)38-21-19-37(4-2)20-22-38)33(41)30(29)31(36-35(39)43)26-14-11-17-28(23-26)44-27-15-9-6-10-16-27/h3,5-17,23,31-32H,1,4,18-22,24H2,2H3,(H,36,43). The van der Waals surface area contributed by atoms with Gasteiger partial charge in [-0.15, -0.1) is 6.58 Å². The molecule has 0 spiro atoms. The highest BCUT2D eigenvalue weighted by atomic mass is 16.5. The van der Waals surface area contributed by atoms with E-state index in [1.165, 1.54) is 0 Å². The van der Waals surface area contributed by atoms with Gasteiger partial charge < -0.3 is 24.8 Å². The van der Waals surface area contributed by atoms with Crippen LogP contribution in [-0.2, 0) is 9.59 Å². The average molecular weight is 592 g/mol. The molecule has 3 aromatic rings. The fourth-order valence-corrected chi connectivity index (χ4v) is 6.23. The summed E-state index contributed by atoms with van der Waals surface area (Å²) >= 11 is 0. The summed E-state index contributed by atoms with van der Waals surface area (Å²) < 4.78 is 6.06. The molecule has 44 heavy (non-hydrogen) atoms. The summed E-state index contributed by atoms with van der Waals surface area (Å²) in [5, 5.41) is 3.04. The van der Waals surface area contributed by atoms with Crippen molar-refractivity contribution in [3.05, 3.63) is 120 Å². The Kier molecular flexibility index (Phi) is 8.47. The van der Waals surface area contributed by atoms with Gasteiger partial charge in [0.05, 0.1) is 23.9 Å². The Balaban J connectivity index is 1.35. The largest absolute Gasteiger partial charge is 0.457 e. The number of nitrogens with zero attached hydrogens (tertiary/aromatic N) is 4. The second-order valence-corrected chi connectivity index (χ2v) is 11.1. The van der Waals surface area contributed by atoms with Gasteiger partial charge in [0.1, 0.15) is 17.5 Å². The van der Waals surface area contributed by atoms with Gasteiger partial charge >= 0.3 is 6.03 Å². The van der Waals surface area contributed by atoms with E-state index >= 15 is 0 Å². The van der Waals surface area contributed by atoms with Gasteiger partial charge in [-0.3, -0.25) is 14.5 Å². The van der Waals surface area contributed by atoms with E-state index in [1.807, 2.05) is 89.8 Å². The minimum Gasteiger partial charge on any atom is -0.457 e. The van der Waals surface area contributed by atoms with Crippen LogP contribution >= 0.6 is 0 Å². The Morgan fingerprint density at radius 1 is 0.955 bits per heavy atom. The zero-order valence-corrected chi connectivity index (χ0v) is 24.9. The molecule has 9 nitrogen and oxygen atoms in total. The van der Waals surface area contributed by atoms with Gasteiger partial charge in [0.25, 0.3) is 5.91 Å². The fourth-order valence-electron chi connectivity index (χ4n) is 6.23. The number of benzene rings is 3. The molecular weight excluding hydrogens is 554 g/mol. The molecule has 9 heteroatoms. The van der Waals surface area contributed by atoms with E-state index in [0.29, 0.717) is 41.4 Å². The van der Waals surface area contributed by atoms with Gasteiger partial charge in [-0.05, 0) is 41.9 Å². The van der Waals surface area contributed by atoms with Crippen molar-refractivity contribution in [3.63, 3.8) is 0 Å². The SMILES string of the molecule is C=CCN1C(=O)NC(c2cccc(Oc3ccccc3)c2)C2=C1CN(C(C(=O)N1CCN(CC)CC1)c1ccccc1)C2=O. The lowest BCUT2D eigenvalue weighted by Gasteiger charge is -2.38. The maximum atomic E-state index is 14.5. The van der Waals surface area contributed by atoms with Crippen LogP contribution in [0.25, 0.3) is 0 Å². The number of hydrogen-bond donors (Lipinski definition) is 1. The number of hydrogen-bond acceptors (Lipinski definition) is 5. The first-order valence-electron chi connectivity index (χ1n) is 15.1. The molecule has 0 bridgehead atoms. The van der Waals surface area contributed by atoms with Crippen molar-refractivity contribution < 1.29 is 19.1 Å². The molecule has 226 valence electrons. The number of amides is 4. The molecule has 1 saturated heterocycles. The molecule has 3 aliphatic heterocycles. The number of carbonyl (C=O) groups excluding carboxylic acids is 3. The first-order chi connectivity index (χ1) is 21.5. The summed E-state index contributed by atoms with van der Waals surface area (Å²) in [7, 11) is 0. The minimum absolute atomic E-state index is 0.107. The number of para-hydroxylation sites is 1. The topological polar surface area (TPSA) is 85.4 Å². The zero-order valence-electron chi connectivity index (χ0n) is 24.9. The molecule has 3 heterocycles. The molecule has 4 amide bonds. The number of nitrogens with one attached hydrogen (secondary N) is 1. The van der Waals surface area contributed by atoms with Crippen LogP contribution in [0.3, 0.4) is 0 Å². The van der Waals surface area contributed by atoms with Crippen LogP contribution in [0, 0.1) is 0 Å². The van der Waals surface area contributed by atoms with E-state index in [0.717, 1.165) is 25.2 Å². The molecular formula is C35H37N5O4. The number of piperazine rings is 1. The van der Waals surface area contributed by atoms with Crippen molar-refractivity contribution in [1.29, 1.82) is 0 Å². The predicted octanol–water partition coefficient (Wildman–Crippen LogP) is 4.73. The van der Waals surface area contributed by atoms with E-state index in [1.54, 1.807) is 15.9 Å². The van der Waals surface area contributed by atoms with Gasteiger partial charge in [0.15, 0.2) is 0 Å². The lowest BCUT2D eigenvalue weighted by atomic mass is 9.95. The number of likely N-dealkylation sites (N-methyl/N-ethyl adjacent to an activating group) is 1. The van der Waals surface area contributed by atoms with Crippen LogP contribution in [0.4, 0.5) is 4.79 Å². The van der Waals surface area contributed by atoms with Crippen molar-refractivity contribution >= 4 is 17.8 Å². The monoisotopic (exact) mass is 591 g/mol. The van der Waals surface area contributed by atoms with E-state index < -0.39 is 12.1 Å². The van der Waals surface area contributed by atoms with Crippen LogP contribution in [0.1, 0.15) is 30.1 Å². The molecule has 1 N–H and O–H groups in total. The molecule has 2 unspecified atom stereocenters. The van der Waals surface area contributed by atoms with Crippen LogP contribution < -0.4 is 10.1 Å². The van der Waals surface area contributed by atoms with Crippen LogP contribution in [-0.4, -0.2) is 83.3 Å². The smallest absolute Gasteiger partial charge is 0.322 e. The molecule has 0 aliphatic carbocycles. The van der Waals surface area contributed by atoms with Crippen molar-refractivity contribution in [1.82, 2.24) is 24.9 Å². The first kappa shape index (κ1) is 29.2. The van der Waals surface area contributed by atoms with Crippen LogP contribution in [0.2, 0.25) is 0 Å². The summed E-state index contributed by atoms with van der Waals surface area (Å²) in [6.45, 7) is 10.0. The van der Waals surface area contributed by atoms with Gasteiger partial charge in [0, 0.05) is 32.7 Å².